The first kappa shape index (κ1) is 16.8. The zero-order chi connectivity index (χ0) is 17.8. The maximum atomic E-state index is 12.1. The second kappa shape index (κ2) is 7.23. The predicted molar refractivity (Wildman–Crippen MR) is 88.5 cm³/mol. The molecule has 0 amide bonds. The van der Waals surface area contributed by atoms with Crippen molar-refractivity contribution < 1.29 is 23.9 Å². The number of nitrogens with zero attached hydrogens (tertiary/aromatic N) is 2. The predicted octanol–water partition coefficient (Wildman–Crippen LogP) is 3.46. The number of ether oxygens (including phenoxy) is 2. The van der Waals surface area contributed by atoms with Crippen LogP contribution in [0.25, 0.3) is 11.4 Å². The number of aromatic nitrogens is 2. The highest BCUT2D eigenvalue weighted by Crippen LogP contribution is 2.24. The lowest BCUT2D eigenvalue weighted by molar-refractivity contribution is 0.0426. The summed E-state index contributed by atoms with van der Waals surface area (Å²) in [6.45, 7) is -0.233. The minimum atomic E-state index is -0.737. The average Bonchev–Trinajstić information content (AvgIpc) is 3.09. The number of carbonyl (C=O) groups is 1. The molecule has 0 aliphatic carbocycles. The van der Waals surface area contributed by atoms with Crippen LogP contribution in [0.15, 0.2) is 47.0 Å². The van der Waals surface area contributed by atoms with E-state index in [0.29, 0.717) is 22.2 Å². The third-order valence-corrected chi connectivity index (χ3v) is 3.54. The highest BCUT2D eigenvalue weighted by Gasteiger charge is 2.16. The maximum absolute atomic E-state index is 12.1. The Morgan fingerprint density at radius 2 is 2.12 bits per heavy atom. The average molecular weight is 361 g/mol. The number of hydrogen-bond acceptors (Lipinski definition) is 7. The lowest BCUT2D eigenvalue weighted by Gasteiger charge is -2.06. The first-order valence-corrected chi connectivity index (χ1v) is 7.57. The van der Waals surface area contributed by atoms with Crippen molar-refractivity contribution in [3.05, 3.63) is 58.9 Å². The molecule has 3 rings (SSSR count). The number of aromatic hydroxyl groups is 1. The molecule has 1 N–H and O–H groups in total. The van der Waals surface area contributed by atoms with Crippen LogP contribution in [0.2, 0.25) is 5.02 Å². The van der Waals surface area contributed by atoms with Crippen molar-refractivity contribution in [2.24, 2.45) is 0 Å². The van der Waals surface area contributed by atoms with Gasteiger partial charge in [-0.3, -0.25) is 0 Å². The Kier molecular flexibility index (Phi) is 4.85. The van der Waals surface area contributed by atoms with Crippen LogP contribution in [-0.2, 0) is 11.3 Å². The molecule has 128 valence electrons. The van der Waals surface area contributed by atoms with Crippen LogP contribution in [0.4, 0.5) is 0 Å². The van der Waals surface area contributed by atoms with Crippen molar-refractivity contribution in [3.63, 3.8) is 0 Å². The summed E-state index contributed by atoms with van der Waals surface area (Å²) in [5.74, 6) is -0.0795. The number of esters is 1. The summed E-state index contributed by atoms with van der Waals surface area (Å²) in [5, 5.41) is 14.1. The molecule has 0 radical (unpaired) electrons. The Morgan fingerprint density at radius 1 is 1.28 bits per heavy atom. The Morgan fingerprint density at radius 3 is 2.88 bits per heavy atom. The molecule has 0 bridgehead atoms. The molecule has 8 heteroatoms. The van der Waals surface area contributed by atoms with Gasteiger partial charge in [0.25, 0.3) is 5.89 Å². The third kappa shape index (κ3) is 3.89. The van der Waals surface area contributed by atoms with Crippen LogP contribution in [0.5, 0.6) is 11.5 Å². The molecule has 0 fully saturated rings. The highest BCUT2D eigenvalue weighted by molar-refractivity contribution is 6.30. The number of rotatable bonds is 5. The van der Waals surface area contributed by atoms with Crippen LogP contribution in [0.1, 0.15) is 16.2 Å². The zero-order valence-electron chi connectivity index (χ0n) is 13.1. The number of carbonyl (C=O) groups excluding carboxylic acids is 1. The van der Waals surface area contributed by atoms with Gasteiger partial charge in [-0.25, -0.2) is 4.79 Å². The first-order valence-electron chi connectivity index (χ1n) is 7.19. The van der Waals surface area contributed by atoms with E-state index in [-0.39, 0.29) is 23.8 Å². The van der Waals surface area contributed by atoms with Gasteiger partial charge in [0.15, 0.2) is 6.61 Å². The van der Waals surface area contributed by atoms with Crippen LogP contribution >= 0.6 is 11.6 Å². The number of phenolic OH excluding ortho intramolecular Hbond substituents is 1. The van der Waals surface area contributed by atoms with Crippen molar-refractivity contribution >= 4 is 17.6 Å². The fourth-order valence-electron chi connectivity index (χ4n) is 2.07. The van der Waals surface area contributed by atoms with Crippen LogP contribution < -0.4 is 4.74 Å². The Balaban J connectivity index is 1.69. The Hall–Kier alpha value is -3.06. The normalized spacial score (nSPS) is 10.5. The monoisotopic (exact) mass is 360 g/mol. The van der Waals surface area contributed by atoms with E-state index < -0.39 is 5.97 Å². The van der Waals surface area contributed by atoms with E-state index in [0.717, 1.165) is 0 Å². The van der Waals surface area contributed by atoms with E-state index in [1.165, 1.54) is 25.3 Å². The minimum Gasteiger partial charge on any atom is -0.507 e. The van der Waals surface area contributed by atoms with Crippen molar-refractivity contribution in [3.8, 4) is 22.9 Å². The SMILES string of the molecule is COc1ccc(O)c(C(=O)OCc2nc(-c3cccc(Cl)c3)no2)c1. The standard InChI is InChI=1S/C17H13ClN2O5/c1-23-12-5-6-14(21)13(8-12)17(22)24-9-15-19-16(20-25-15)10-3-2-4-11(18)7-10/h2-8,21H,9H2,1H3. The van der Waals surface area contributed by atoms with Crippen molar-refractivity contribution in [1.29, 1.82) is 0 Å². The van der Waals surface area contributed by atoms with Crippen molar-refractivity contribution in [2.75, 3.05) is 7.11 Å². The second-order valence-corrected chi connectivity index (χ2v) is 5.42. The molecule has 7 nitrogen and oxygen atoms in total. The number of benzene rings is 2. The van der Waals surface area contributed by atoms with Gasteiger partial charge in [0.1, 0.15) is 17.1 Å². The number of hydrogen-bond donors (Lipinski definition) is 1. The first-order chi connectivity index (χ1) is 12.1. The molecule has 0 saturated carbocycles. The number of methoxy groups -OCH3 is 1. The molecule has 2 aromatic carbocycles. The molecule has 0 aliphatic heterocycles. The number of phenols is 1. The smallest absolute Gasteiger partial charge is 0.342 e. The molecule has 0 spiro atoms. The van der Waals surface area contributed by atoms with Crippen LogP contribution in [0.3, 0.4) is 0 Å². The van der Waals surface area contributed by atoms with Gasteiger partial charge in [0.2, 0.25) is 5.82 Å². The van der Waals surface area contributed by atoms with E-state index >= 15 is 0 Å². The van der Waals surface area contributed by atoms with Gasteiger partial charge in [-0.2, -0.15) is 4.98 Å². The molecule has 0 atom stereocenters. The van der Waals surface area contributed by atoms with Gasteiger partial charge in [-0.15, -0.1) is 0 Å². The van der Waals surface area contributed by atoms with Gasteiger partial charge in [0, 0.05) is 10.6 Å². The summed E-state index contributed by atoms with van der Waals surface area (Å²) >= 11 is 5.92. The molecule has 0 unspecified atom stereocenters. The van der Waals surface area contributed by atoms with E-state index in [1.54, 1.807) is 24.3 Å². The molecule has 1 aromatic heterocycles. The summed E-state index contributed by atoms with van der Waals surface area (Å²) in [6.07, 6.45) is 0. The minimum absolute atomic E-state index is 0.0195. The van der Waals surface area contributed by atoms with Crippen molar-refractivity contribution in [2.45, 2.75) is 6.61 Å². The topological polar surface area (TPSA) is 94.7 Å². The van der Waals surface area contributed by atoms with Crippen LogP contribution in [-0.4, -0.2) is 28.3 Å². The lowest BCUT2D eigenvalue weighted by atomic mass is 10.2. The summed E-state index contributed by atoms with van der Waals surface area (Å²) in [6, 6.07) is 11.2. The quantitative estimate of drug-likeness (QED) is 0.696. The van der Waals surface area contributed by atoms with Gasteiger partial charge in [0.05, 0.1) is 7.11 Å². The lowest BCUT2D eigenvalue weighted by Crippen LogP contribution is -2.06. The van der Waals surface area contributed by atoms with E-state index in [9.17, 15) is 9.90 Å². The van der Waals surface area contributed by atoms with Crippen LogP contribution in [0, 0.1) is 0 Å². The van der Waals surface area contributed by atoms with Crippen molar-refractivity contribution in [1.82, 2.24) is 10.1 Å². The van der Waals surface area contributed by atoms with E-state index in [2.05, 4.69) is 10.1 Å². The van der Waals surface area contributed by atoms with Gasteiger partial charge in [-0.1, -0.05) is 28.9 Å². The molecule has 0 saturated heterocycles. The molecule has 1 heterocycles. The molecular formula is C17H13ClN2O5. The largest absolute Gasteiger partial charge is 0.507 e. The van der Waals surface area contributed by atoms with Gasteiger partial charge in [-0.05, 0) is 30.3 Å². The summed E-state index contributed by atoms with van der Waals surface area (Å²) < 4.78 is 15.2. The molecule has 3 aromatic rings. The van der Waals surface area contributed by atoms with E-state index in [1.807, 2.05) is 0 Å². The summed E-state index contributed by atoms with van der Waals surface area (Å²) in [5.41, 5.74) is 0.660. The number of halogens is 1. The van der Waals surface area contributed by atoms with Gasteiger partial charge >= 0.3 is 5.97 Å². The maximum Gasteiger partial charge on any atom is 0.342 e. The highest BCUT2D eigenvalue weighted by atomic mass is 35.5. The van der Waals surface area contributed by atoms with Gasteiger partial charge < -0.3 is 19.1 Å². The summed E-state index contributed by atoms with van der Waals surface area (Å²) in [4.78, 5) is 16.2. The Bertz CT molecular complexity index is 910. The molecular weight excluding hydrogens is 348 g/mol. The fourth-order valence-corrected chi connectivity index (χ4v) is 2.26. The Labute approximate surface area is 147 Å². The third-order valence-electron chi connectivity index (χ3n) is 3.30. The second-order valence-electron chi connectivity index (χ2n) is 4.98. The summed E-state index contributed by atoms with van der Waals surface area (Å²) in [7, 11) is 1.46. The van der Waals surface area contributed by atoms with E-state index in [4.69, 9.17) is 25.6 Å². The molecule has 25 heavy (non-hydrogen) atoms. The zero-order valence-corrected chi connectivity index (χ0v) is 13.9. The fraction of sp³-hybridized carbons (Fsp3) is 0.118. The molecule has 0 aliphatic rings.